The zero-order valence-corrected chi connectivity index (χ0v) is 15.5. The molecular formula is C18H26N2O3S. The molecule has 1 aromatic rings. The van der Waals surface area contributed by atoms with Gasteiger partial charge >= 0.3 is 0 Å². The van der Waals surface area contributed by atoms with E-state index in [0.717, 1.165) is 12.0 Å². The third-order valence-corrected chi connectivity index (χ3v) is 6.64. The second kappa shape index (κ2) is 6.39. The van der Waals surface area contributed by atoms with Crippen molar-refractivity contribution in [1.82, 2.24) is 4.90 Å². The quantitative estimate of drug-likeness (QED) is 0.842. The average Bonchev–Trinajstić information content (AvgIpc) is 2.97. The van der Waals surface area contributed by atoms with Crippen LogP contribution in [0.4, 0.5) is 5.69 Å². The lowest BCUT2D eigenvalue weighted by Crippen LogP contribution is -2.42. The van der Waals surface area contributed by atoms with Gasteiger partial charge in [0.15, 0.2) is 0 Å². The number of carbonyl (C=O) groups is 1. The molecule has 1 heterocycles. The predicted molar refractivity (Wildman–Crippen MR) is 95.8 cm³/mol. The fourth-order valence-corrected chi connectivity index (χ4v) is 5.03. The summed E-state index contributed by atoms with van der Waals surface area (Å²) in [6.45, 7) is 2.68. The monoisotopic (exact) mass is 350 g/mol. The number of rotatable bonds is 3. The zero-order chi connectivity index (χ0) is 17.5. The summed E-state index contributed by atoms with van der Waals surface area (Å²) >= 11 is 0. The lowest BCUT2D eigenvalue weighted by molar-refractivity contribution is 0.0629. The van der Waals surface area contributed by atoms with E-state index in [0.29, 0.717) is 36.2 Å². The standard InChI is InChI=1S/C18H26N2O3S/c1-13-6-4-5-7-16(13)19(2)18(21)15-8-9-17-14(12-15)10-11-20(17)24(3,22)23/h8-9,12-13,16H,4-7,10-11H2,1-3H3. The molecule has 1 saturated carbocycles. The van der Waals surface area contributed by atoms with E-state index in [4.69, 9.17) is 0 Å². The summed E-state index contributed by atoms with van der Waals surface area (Å²) in [6.07, 6.45) is 6.55. The van der Waals surface area contributed by atoms with E-state index in [1.165, 1.54) is 29.8 Å². The summed E-state index contributed by atoms with van der Waals surface area (Å²) in [7, 11) is -1.36. The summed E-state index contributed by atoms with van der Waals surface area (Å²) in [5.41, 5.74) is 2.31. The van der Waals surface area contributed by atoms with Crippen LogP contribution in [0.5, 0.6) is 0 Å². The Bertz CT molecular complexity index is 745. The van der Waals surface area contributed by atoms with E-state index in [1.54, 1.807) is 12.1 Å². The van der Waals surface area contributed by atoms with Crippen LogP contribution in [0.1, 0.15) is 48.5 Å². The first-order valence-electron chi connectivity index (χ1n) is 8.67. The highest BCUT2D eigenvalue weighted by Crippen LogP contribution is 2.32. The highest BCUT2D eigenvalue weighted by atomic mass is 32.2. The minimum Gasteiger partial charge on any atom is -0.338 e. The molecule has 1 aromatic carbocycles. The zero-order valence-electron chi connectivity index (χ0n) is 14.7. The maximum absolute atomic E-state index is 12.9. The Labute approximate surface area is 144 Å². The van der Waals surface area contributed by atoms with E-state index in [2.05, 4.69) is 6.92 Å². The molecule has 0 N–H and O–H groups in total. The van der Waals surface area contributed by atoms with Gasteiger partial charge in [-0.3, -0.25) is 9.10 Å². The van der Waals surface area contributed by atoms with Crippen LogP contribution < -0.4 is 4.31 Å². The molecule has 0 aromatic heterocycles. The van der Waals surface area contributed by atoms with Crippen molar-refractivity contribution in [1.29, 1.82) is 0 Å². The van der Waals surface area contributed by atoms with Crippen LogP contribution in [0.25, 0.3) is 0 Å². The van der Waals surface area contributed by atoms with Crippen LogP contribution in [0, 0.1) is 5.92 Å². The van der Waals surface area contributed by atoms with Crippen LogP contribution in [0.2, 0.25) is 0 Å². The van der Waals surface area contributed by atoms with Crippen molar-refractivity contribution in [3.63, 3.8) is 0 Å². The van der Waals surface area contributed by atoms with E-state index in [-0.39, 0.29) is 5.91 Å². The molecule has 0 spiro atoms. The molecule has 2 atom stereocenters. The highest BCUT2D eigenvalue weighted by molar-refractivity contribution is 7.92. The Kier molecular flexibility index (Phi) is 4.60. The molecule has 1 aliphatic heterocycles. The van der Waals surface area contributed by atoms with E-state index in [1.807, 2.05) is 18.0 Å². The van der Waals surface area contributed by atoms with Gasteiger partial charge in [0, 0.05) is 25.2 Å². The van der Waals surface area contributed by atoms with Crippen LogP contribution >= 0.6 is 0 Å². The van der Waals surface area contributed by atoms with Gasteiger partial charge in [0.25, 0.3) is 5.91 Å². The van der Waals surface area contributed by atoms with Crippen molar-refractivity contribution in [2.24, 2.45) is 5.92 Å². The average molecular weight is 350 g/mol. The first kappa shape index (κ1) is 17.3. The second-order valence-corrected chi connectivity index (χ2v) is 9.08. The Balaban J connectivity index is 1.82. The molecule has 2 unspecified atom stereocenters. The van der Waals surface area contributed by atoms with Gasteiger partial charge in [-0.15, -0.1) is 0 Å². The van der Waals surface area contributed by atoms with E-state index in [9.17, 15) is 13.2 Å². The lowest BCUT2D eigenvalue weighted by atomic mass is 9.85. The number of nitrogens with zero attached hydrogens (tertiary/aromatic N) is 2. The molecule has 0 radical (unpaired) electrons. The normalized spacial score (nSPS) is 23.9. The third kappa shape index (κ3) is 3.16. The molecule has 5 nitrogen and oxygen atoms in total. The maximum Gasteiger partial charge on any atom is 0.253 e. The summed E-state index contributed by atoms with van der Waals surface area (Å²) < 4.78 is 25.1. The number of hydrogen-bond donors (Lipinski definition) is 0. The SMILES string of the molecule is CC1CCCCC1N(C)C(=O)c1ccc2c(c1)CCN2S(C)(=O)=O. The third-order valence-electron chi connectivity index (χ3n) is 5.46. The van der Waals surface area contributed by atoms with Crippen molar-refractivity contribution >= 4 is 21.6 Å². The number of sulfonamides is 1. The van der Waals surface area contributed by atoms with Crippen molar-refractivity contribution in [2.75, 3.05) is 24.2 Å². The number of anilines is 1. The van der Waals surface area contributed by atoms with Crippen molar-refractivity contribution < 1.29 is 13.2 Å². The molecular weight excluding hydrogens is 324 g/mol. The van der Waals surface area contributed by atoms with Crippen LogP contribution in [0.15, 0.2) is 18.2 Å². The summed E-state index contributed by atoms with van der Waals surface area (Å²) in [5, 5.41) is 0. The minimum atomic E-state index is -3.25. The molecule has 0 saturated heterocycles. The van der Waals surface area contributed by atoms with Crippen molar-refractivity contribution in [3.05, 3.63) is 29.3 Å². The summed E-state index contributed by atoms with van der Waals surface area (Å²) in [5.74, 6) is 0.567. The molecule has 24 heavy (non-hydrogen) atoms. The predicted octanol–water partition coefficient (Wildman–Crippen LogP) is 2.66. The van der Waals surface area contributed by atoms with Gasteiger partial charge in [-0.05, 0) is 48.9 Å². The highest BCUT2D eigenvalue weighted by Gasteiger charge is 2.30. The molecule has 2 aliphatic rings. The van der Waals surface area contributed by atoms with E-state index >= 15 is 0 Å². The van der Waals surface area contributed by atoms with Crippen LogP contribution in [-0.4, -0.2) is 45.1 Å². The molecule has 0 bridgehead atoms. The minimum absolute atomic E-state index is 0.0364. The molecule has 6 heteroatoms. The van der Waals surface area contributed by atoms with Crippen molar-refractivity contribution in [2.45, 2.75) is 45.1 Å². The van der Waals surface area contributed by atoms with Crippen LogP contribution in [-0.2, 0) is 16.4 Å². The number of amides is 1. The van der Waals surface area contributed by atoms with Crippen LogP contribution in [0.3, 0.4) is 0 Å². The number of hydrogen-bond acceptors (Lipinski definition) is 3. The van der Waals surface area contributed by atoms with Crippen molar-refractivity contribution in [3.8, 4) is 0 Å². The largest absolute Gasteiger partial charge is 0.338 e. The fourth-order valence-electron chi connectivity index (χ4n) is 4.08. The Hall–Kier alpha value is -1.56. The molecule has 132 valence electrons. The molecule has 1 amide bonds. The Morgan fingerprint density at radius 3 is 2.62 bits per heavy atom. The number of benzene rings is 1. The number of carbonyl (C=O) groups excluding carboxylic acids is 1. The van der Waals surface area contributed by atoms with Gasteiger partial charge in [-0.1, -0.05) is 19.8 Å². The van der Waals surface area contributed by atoms with Gasteiger partial charge in [-0.2, -0.15) is 0 Å². The van der Waals surface area contributed by atoms with Gasteiger partial charge in [0.05, 0.1) is 11.9 Å². The fraction of sp³-hybridized carbons (Fsp3) is 0.611. The molecule has 1 fully saturated rings. The summed E-state index contributed by atoms with van der Waals surface area (Å²) in [4.78, 5) is 14.7. The van der Waals surface area contributed by atoms with Gasteiger partial charge in [-0.25, -0.2) is 8.42 Å². The lowest BCUT2D eigenvalue weighted by Gasteiger charge is -2.36. The van der Waals surface area contributed by atoms with E-state index < -0.39 is 10.0 Å². The second-order valence-electron chi connectivity index (χ2n) is 7.17. The van der Waals surface area contributed by atoms with Gasteiger partial charge < -0.3 is 4.90 Å². The Morgan fingerprint density at radius 2 is 1.96 bits per heavy atom. The Morgan fingerprint density at radius 1 is 1.25 bits per heavy atom. The smallest absolute Gasteiger partial charge is 0.253 e. The first-order valence-corrected chi connectivity index (χ1v) is 10.5. The molecule has 3 rings (SSSR count). The first-order chi connectivity index (χ1) is 11.3. The molecule has 1 aliphatic carbocycles. The maximum atomic E-state index is 12.9. The van der Waals surface area contributed by atoms with Gasteiger partial charge in [0.1, 0.15) is 0 Å². The number of fused-ring (bicyclic) bond motifs is 1. The topological polar surface area (TPSA) is 57.7 Å². The summed E-state index contributed by atoms with van der Waals surface area (Å²) in [6, 6.07) is 5.70. The van der Waals surface area contributed by atoms with Gasteiger partial charge in [0.2, 0.25) is 10.0 Å².